The molecule has 146 valence electrons. The monoisotopic (exact) mass is 381 g/mol. The van der Waals surface area contributed by atoms with E-state index in [4.69, 9.17) is 0 Å². The van der Waals surface area contributed by atoms with Crippen LogP contribution in [0.2, 0.25) is 0 Å². The molecule has 1 saturated carbocycles. The van der Waals surface area contributed by atoms with Gasteiger partial charge in [-0.3, -0.25) is 0 Å². The predicted molar refractivity (Wildman–Crippen MR) is 121 cm³/mol. The molecular weight excluding hydrogens is 354 g/mol. The SMILES string of the molecule is c1ccc(Nc2cc(-c3ccc(C(=C4CC4)N4CCCCC4)cc3)ccn2)cc1. The van der Waals surface area contributed by atoms with Gasteiger partial charge < -0.3 is 10.2 Å². The predicted octanol–water partition coefficient (Wildman–Crippen LogP) is 6.48. The molecule has 2 fully saturated rings. The number of pyridine rings is 1. The molecule has 29 heavy (non-hydrogen) atoms. The van der Waals surface area contributed by atoms with E-state index in [-0.39, 0.29) is 0 Å². The summed E-state index contributed by atoms with van der Waals surface area (Å²) in [5, 5.41) is 3.38. The second-order valence-electron chi connectivity index (χ2n) is 8.00. The number of allylic oxidation sites excluding steroid dienone is 1. The van der Waals surface area contributed by atoms with E-state index >= 15 is 0 Å². The van der Waals surface area contributed by atoms with Crippen molar-refractivity contribution in [1.82, 2.24) is 9.88 Å². The summed E-state index contributed by atoms with van der Waals surface area (Å²) in [5.74, 6) is 0.867. The molecule has 0 bridgehead atoms. The molecule has 0 unspecified atom stereocenters. The number of piperidine rings is 1. The van der Waals surface area contributed by atoms with Gasteiger partial charge >= 0.3 is 0 Å². The average Bonchev–Trinajstić information content (AvgIpc) is 3.61. The fraction of sp³-hybridized carbons (Fsp3) is 0.269. The van der Waals surface area contributed by atoms with E-state index in [1.54, 1.807) is 5.57 Å². The molecule has 0 atom stereocenters. The van der Waals surface area contributed by atoms with Crippen LogP contribution in [0.15, 0.2) is 78.5 Å². The Hall–Kier alpha value is -3.07. The van der Waals surface area contributed by atoms with Crippen molar-refractivity contribution in [2.75, 3.05) is 18.4 Å². The van der Waals surface area contributed by atoms with E-state index in [1.807, 2.05) is 24.4 Å². The van der Waals surface area contributed by atoms with Gasteiger partial charge in [-0.15, -0.1) is 0 Å². The number of aromatic nitrogens is 1. The van der Waals surface area contributed by atoms with Crippen molar-refractivity contribution in [2.24, 2.45) is 0 Å². The number of likely N-dealkylation sites (tertiary alicyclic amines) is 1. The summed E-state index contributed by atoms with van der Waals surface area (Å²) < 4.78 is 0. The minimum atomic E-state index is 0.867. The molecule has 1 aliphatic carbocycles. The molecule has 2 aromatic carbocycles. The Morgan fingerprint density at radius 2 is 1.55 bits per heavy atom. The van der Waals surface area contributed by atoms with Crippen molar-refractivity contribution in [2.45, 2.75) is 32.1 Å². The first-order chi connectivity index (χ1) is 14.4. The fourth-order valence-electron chi connectivity index (χ4n) is 4.20. The summed E-state index contributed by atoms with van der Waals surface area (Å²) in [6, 6.07) is 23.5. The van der Waals surface area contributed by atoms with Gasteiger partial charge in [0, 0.05) is 30.7 Å². The van der Waals surface area contributed by atoms with E-state index in [1.165, 1.54) is 67.6 Å². The molecule has 5 rings (SSSR count). The summed E-state index contributed by atoms with van der Waals surface area (Å²) in [6.07, 6.45) is 8.43. The van der Waals surface area contributed by atoms with Crippen molar-refractivity contribution >= 4 is 17.2 Å². The maximum Gasteiger partial charge on any atom is 0.130 e. The zero-order valence-electron chi connectivity index (χ0n) is 16.8. The minimum Gasteiger partial charge on any atom is -0.371 e. The van der Waals surface area contributed by atoms with Crippen LogP contribution in [0, 0.1) is 0 Å². The Morgan fingerprint density at radius 1 is 0.793 bits per heavy atom. The lowest BCUT2D eigenvalue weighted by atomic mass is 10.0. The molecule has 1 aliphatic heterocycles. The first kappa shape index (κ1) is 18.0. The van der Waals surface area contributed by atoms with Gasteiger partial charge in [0.15, 0.2) is 0 Å². The highest BCUT2D eigenvalue weighted by Crippen LogP contribution is 2.39. The average molecular weight is 382 g/mol. The topological polar surface area (TPSA) is 28.2 Å². The highest BCUT2D eigenvalue weighted by molar-refractivity contribution is 5.74. The molecule has 3 nitrogen and oxygen atoms in total. The van der Waals surface area contributed by atoms with Gasteiger partial charge in [-0.05, 0) is 78.6 Å². The summed E-state index contributed by atoms with van der Waals surface area (Å²) in [6.45, 7) is 2.42. The van der Waals surface area contributed by atoms with Crippen LogP contribution >= 0.6 is 0 Å². The van der Waals surface area contributed by atoms with Gasteiger partial charge in [-0.1, -0.05) is 42.5 Å². The van der Waals surface area contributed by atoms with Crippen LogP contribution in [0.4, 0.5) is 11.5 Å². The molecule has 0 radical (unpaired) electrons. The third-order valence-corrected chi connectivity index (χ3v) is 5.80. The van der Waals surface area contributed by atoms with Crippen molar-refractivity contribution in [3.63, 3.8) is 0 Å². The van der Waals surface area contributed by atoms with E-state index in [0.29, 0.717) is 0 Å². The highest BCUT2D eigenvalue weighted by atomic mass is 15.1. The third-order valence-electron chi connectivity index (χ3n) is 5.80. The van der Waals surface area contributed by atoms with Gasteiger partial charge in [0.1, 0.15) is 5.82 Å². The molecule has 3 aromatic rings. The van der Waals surface area contributed by atoms with Gasteiger partial charge in [0.2, 0.25) is 0 Å². The second-order valence-corrected chi connectivity index (χ2v) is 8.00. The molecule has 1 N–H and O–H groups in total. The quantitative estimate of drug-likeness (QED) is 0.548. The lowest BCUT2D eigenvalue weighted by molar-refractivity contribution is 0.325. The molecular formula is C26H27N3. The number of benzene rings is 2. The van der Waals surface area contributed by atoms with Crippen molar-refractivity contribution in [1.29, 1.82) is 0 Å². The Balaban J connectivity index is 1.38. The number of nitrogens with one attached hydrogen (secondary N) is 1. The number of hydrogen-bond donors (Lipinski definition) is 1. The summed E-state index contributed by atoms with van der Waals surface area (Å²) in [5.41, 5.74) is 7.99. The van der Waals surface area contributed by atoms with E-state index < -0.39 is 0 Å². The maximum absolute atomic E-state index is 4.47. The lowest BCUT2D eigenvalue weighted by Gasteiger charge is -2.31. The normalized spacial score (nSPS) is 15.9. The molecule has 3 heteroatoms. The Morgan fingerprint density at radius 3 is 2.28 bits per heavy atom. The van der Waals surface area contributed by atoms with Gasteiger partial charge in [0.25, 0.3) is 0 Å². The first-order valence-corrected chi connectivity index (χ1v) is 10.7. The molecule has 1 saturated heterocycles. The minimum absolute atomic E-state index is 0.867. The Bertz CT molecular complexity index is 994. The van der Waals surface area contributed by atoms with Crippen LogP contribution < -0.4 is 5.32 Å². The zero-order chi connectivity index (χ0) is 19.5. The number of para-hydroxylation sites is 1. The molecule has 1 aromatic heterocycles. The molecule has 2 heterocycles. The number of hydrogen-bond acceptors (Lipinski definition) is 3. The first-order valence-electron chi connectivity index (χ1n) is 10.7. The van der Waals surface area contributed by atoms with Crippen LogP contribution in [-0.2, 0) is 0 Å². The van der Waals surface area contributed by atoms with Crippen LogP contribution in [0.5, 0.6) is 0 Å². The third kappa shape index (κ3) is 4.19. The van der Waals surface area contributed by atoms with E-state index in [0.717, 1.165) is 11.5 Å². The maximum atomic E-state index is 4.47. The molecule has 0 amide bonds. The highest BCUT2D eigenvalue weighted by Gasteiger charge is 2.24. The van der Waals surface area contributed by atoms with Crippen LogP contribution in [0.25, 0.3) is 16.8 Å². The van der Waals surface area contributed by atoms with Crippen LogP contribution in [0.3, 0.4) is 0 Å². The Labute approximate surface area is 173 Å². The molecule has 0 spiro atoms. The second kappa shape index (κ2) is 8.12. The van der Waals surface area contributed by atoms with E-state index in [9.17, 15) is 0 Å². The summed E-state index contributed by atoms with van der Waals surface area (Å²) in [4.78, 5) is 7.09. The van der Waals surface area contributed by atoms with Crippen molar-refractivity contribution in [3.8, 4) is 11.1 Å². The fourth-order valence-corrected chi connectivity index (χ4v) is 4.20. The number of rotatable bonds is 5. The van der Waals surface area contributed by atoms with Crippen LogP contribution in [0.1, 0.15) is 37.7 Å². The molecule has 2 aliphatic rings. The van der Waals surface area contributed by atoms with Gasteiger partial charge in [-0.25, -0.2) is 4.98 Å². The van der Waals surface area contributed by atoms with Gasteiger partial charge in [0.05, 0.1) is 0 Å². The standard InChI is InChI=1S/C26H27N3/c1-3-7-24(8-4-1)28-25-19-23(15-16-27-25)20-9-11-21(12-10-20)26(22-13-14-22)29-17-5-2-6-18-29/h1,3-4,7-12,15-16,19H,2,5-6,13-14,17-18H2,(H,27,28). The van der Waals surface area contributed by atoms with Crippen molar-refractivity contribution in [3.05, 3.63) is 84.1 Å². The smallest absolute Gasteiger partial charge is 0.130 e. The number of anilines is 2. The Kier molecular flexibility index (Phi) is 5.04. The lowest BCUT2D eigenvalue weighted by Crippen LogP contribution is -2.28. The zero-order valence-corrected chi connectivity index (χ0v) is 16.8. The van der Waals surface area contributed by atoms with Crippen LogP contribution in [-0.4, -0.2) is 23.0 Å². The van der Waals surface area contributed by atoms with Gasteiger partial charge in [-0.2, -0.15) is 0 Å². The van der Waals surface area contributed by atoms with Crippen molar-refractivity contribution < 1.29 is 0 Å². The largest absolute Gasteiger partial charge is 0.371 e. The number of nitrogens with zero attached hydrogens (tertiary/aromatic N) is 2. The summed E-state index contributed by atoms with van der Waals surface area (Å²) >= 11 is 0. The van der Waals surface area contributed by atoms with E-state index in [2.05, 4.69) is 63.7 Å². The summed E-state index contributed by atoms with van der Waals surface area (Å²) in [7, 11) is 0.